The van der Waals surface area contributed by atoms with Gasteiger partial charge in [0.2, 0.25) is 5.91 Å². The highest BCUT2D eigenvalue weighted by molar-refractivity contribution is 7.81. The van der Waals surface area contributed by atoms with E-state index in [-0.39, 0.29) is 0 Å². The average molecular weight is 210 g/mol. The van der Waals surface area contributed by atoms with Crippen molar-refractivity contribution in [3.8, 4) is 0 Å². The minimum Gasteiger partial charge on any atom is -0.366 e. The van der Waals surface area contributed by atoms with Crippen molar-refractivity contribution in [1.82, 2.24) is 0 Å². The highest BCUT2D eigenvalue weighted by Crippen LogP contribution is 2.18. The van der Waals surface area contributed by atoms with Crippen molar-refractivity contribution in [2.75, 3.05) is 6.54 Å². The smallest absolute Gasteiger partial charge is 0.249 e. The number of amides is 1. The second kappa shape index (κ2) is 5.02. The van der Waals surface area contributed by atoms with Gasteiger partial charge in [-0.15, -0.1) is 0 Å². The predicted molar refractivity (Wildman–Crippen MR) is 60.9 cm³/mol. The van der Waals surface area contributed by atoms with Gasteiger partial charge in [0, 0.05) is 11.3 Å². The van der Waals surface area contributed by atoms with Crippen molar-refractivity contribution in [3.05, 3.63) is 23.3 Å². The van der Waals surface area contributed by atoms with Crippen LogP contribution in [-0.2, 0) is 4.79 Å². The minimum atomic E-state index is -0.437. The molecule has 0 aromatic carbocycles. The van der Waals surface area contributed by atoms with E-state index >= 15 is 0 Å². The Morgan fingerprint density at radius 1 is 1.57 bits per heavy atom. The average Bonchev–Trinajstić information content (AvgIpc) is 2.16. The Balaban J connectivity index is 2.73. The van der Waals surface area contributed by atoms with E-state index in [1.165, 1.54) is 0 Å². The number of allylic oxidation sites excluding steroid dienone is 3. The Labute approximate surface area is 88.8 Å². The number of primary amides is 1. The van der Waals surface area contributed by atoms with Crippen LogP contribution in [0.15, 0.2) is 23.3 Å². The van der Waals surface area contributed by atoms with Gasteiger partial charge in [0.1, 0.15) is 0 Å². The van der Waals surface area contributed by atoms with Gasteiger partial charge in [-0.2, -0.15) is 0 Å². The molecule has 0 aliphatic heterocycles. The van der Waals surface area contributed by atoms with Crippen LogP contribution >= 0.6 is 12.2 Å². The molecule has 0 saturated carbocycles. The molecule has 4 heteroatoms. The molecule has 0 radical (unpaired) electrons. The fourth-order valence-corrected chi connectivity index (χ4v) is 1.59. The highest BCUT2D eigenvalue weighted by atomic mass is 32.1. The van der Waals surface area contributed by atoms with Gasteiger partial charge in [0.25, 0.3) is 0 Å². The Kier molecular flexibility index (Phi) is 3.98. The van der Waals surface area contributed by atoms with E-state index in [1.54, 1.807) is 6.08 Å². The molecular formula is C10H14N2OS. The van der Waals surface area contributed by atoms with Crippen LogP contribution in [0.4, 0.5) is 0 Å². The van der Waals surface area contributed by atoms with Crippen LogP contribution < -0.4 is 11.5 Å². The van der Waals surface area contributed by atoms with Gasteiger partial charge in [-0.05, 0) is 25.5 Å². The molecule has 0 fully saturated rings. The zero-order chi connectivity index (χ0) is 10.6. The molecule has 3 nitrogen and oxygen atoms in total. The first-order chi connectivity index (χ1) is 6.65. The van der Waals surface area contributed by atoms with E-state index in [2.05, 4.69) is 0 Å². The second-order valence-corrected chi connectivity index (χ2v) is 3.71. The number of nitrogens with two attached hydrogens (primary N) is 2. The number of carbonyl (C=O) groups is 1. The lowest BCUT2D eigenvalue weighted by Gasteiger charge is -2.12. The molecule has 0 unspecified atom stereocenters. The molecule has 1 aliphatic rings. The van der Waals surface area contributed by atoms with Crippen LogP contribution in [0, 0.1) is 0 Å². The summed E-state index contributed by atoms with van der Waals surface area (Å²) < 4.78 is 0. The summed E-state index contributed by atoms with van der Waals surface area (Å²) in [4.78, 5) is 11.6. The minimum absolute atomic E-state index is 0.437. The first kappa shape index (κ1) is 11.1. The summed E-state index contributed by atoms with van der Waals surface area (Å²) in [6.45, 7) is 0.654. The maximum Gasteiger partial charge on any atom is 0.249 e. The zero-order valence-corrected chi connectivity index (χ0v) is 8.77. The molecule has 1 amide bonds. The van der Waals surface area contributed by atoms with Crippen LogP contribution in [0.25, 0.3) is 0 Å². The molecule has 0 bridgehead atoms. The lowest BCUT2D eigenvalue weighted by molar-refractivity contribution is -0.114. The molecule has 0 heterocycles. The fraction of sp³-hybridized carbons (Fsp3) is 0.400. The summed E-state index contributed by atoms with van der Waals surface area (Å²) in [5.41, 5.74) is 12.2. The molecular weight excluding hydrogens is 196 g/mol. The molecule has 0 atom stereocenters. The molecule has 0 aromatic rings. The van der Waals surface area contributed by atoms with Gasteiger partial charge in [0.15, 0.2) is 0 Å². The molecule has 1 rings (SSSR count). The van der Waals surface area contributed by atoms with E-state index in [1.807, 2.05) is 6.08 Å². The summed E-state index contributed by atoms with van der Waals surface area (Å²) in [6.07, 6.45) is 6.26. The Morgan fingerprint density at radius 3 is 2.86 bits per heavy atom. The quantitative estimate of drug-likeness (QED) is 0.675. The topological polar surface area (TPSA) is 69.1 Å². The third-order valence-electron chi connectivity index (χ3n) is 2.11. The third kappa shape index (κ3) is 2.75. The maximum absolute atomic E-state index is 11.0. The Bertz CT molecular complexity index is 318. The molecule has 0 saturated heterocycles. The summed E-state index contributed by atoms with van der Waals surface area (Å²) in [7, 11) is 0. The normalized spacial score (nSPS) is 16.2. The van der Waals surface area contributed by atoms with Gasteiger partial charge >= 0.3 is 0 Å². The summed E-state index contributed by atoms with van der Waals surface area (Å²) in [5.74, 6) is -0.437. The monoisotopic (exact) mass is 210 g/mol. The molecule has 0 spiro atoms. The summed E-state index contributed by atoms with van der Waals surface area (Å²) >= 11 is 5.03. The Morgan fingerprint density at radius 2 is 2.29 bits per heavy atom. The highest BCUT2D eigenvalue weighted by Gasteiger charge is 2.14. The molecule has 0 aromatic heterocycles. The Hall–Kier alpha value is -1.00. The molecule has 76 valence electrons. The molecule has 4 N–H and O–H groups in total. The van der Waals surface area contributed by atoms with Crippen molar-refractivity contribution >= 4 is 23.0 Å². The SMILES string of the molecule is NCCCC1=CCC(=S)C(C(N)=O)=C1. The van der Waals surface area contributed by atoms with Gasteiger partial charge in [0.05, 0.1) is 5.57 Å². The van der Waals surface area contributed by atoms with Crippen LogP contribution in [0.2, 0.25) is 0 Å². The number of carbonyl (C=O) groups excluding carboxylic acids is 1. The zero-order valence-electron chi connectivity index (χ0n) is 7.95. The predicted octanol–water partition coefficient (Wildman–Crippen LogP) is 0.837. The van der Waals surface area contributed by atoms with E-state index in [0.29, 0.717) is 23.4 Å². The van der Waals surface area contributed by atoms with Crippen molar-refractivity contribution in [3.63, 3.8) is 0 Å². The number of thiocarbonyl (C=S) groups is 1. The van der Waals surface area contributed by atoms with Gasteiger partial charge in [-0.3, -0.25) is 4.79 Å². The van der Waals surface area contributed by atoms with E-state index in [9.17, 15) is 4.79 Å². The number of rotatable bonds is 4. The third-order valence-corrected chi connectivity index (χ3v) is 2.50. The van der Waals surface area contributed by atoms with Gasteiger partial charge in [-0.25, -0.2) is 0 Å². The van der Waals surface area contributed by atoms with Crippen LogP contribution in [0.1, 0.15) is 19.3 Å². The number of hydrogen-bond acceptors (Lipinski definition) is 3. The van der Waals surface area contributed by atoms with E-state index in [0.717, 1.165) is 18.4 Å². The number of hydrogen-bond donors (Lipinski definition) is 2. The fourth-order valence-electron chi connectivity index (χ4n) is 1.35. The van der Waals surface area contributed by atoms with Gasteiger partial charge in [-0.1, -0.05) is 23.9 Å². The van der Waals surface area contributed by atoms with Crippen LogP contribution in [0.5, 0.6) is 0 Å². The van der Waals surface area contributed by atoms with E-state index < -0.39 is 5.91 Å². The van der Waals surface area contributed by atoms with Crippen molar-refractivity contribution in [2.24, 2.45) is 11.5 Å². The first-order valence-electron chi connectivity index (χ1n) is 4.59. The standard InChI is InChI=1S/C10H14N2OS/c11-5-1-2-7-3-4-9(14)8(6-7)10(12)13/h3,6H,1-2,4-5,11H2,(H2,12,13). The van der Waals surface area contributed by atoms with E-state index in [4.69, 9.17) is 23.7 Å². The summed E-state index contributed by atoms with van der Waals surface area (Å²) in [6, 6.07) is 0. The van der Waals surface area contributed by atoms with Crippen molar-refractivity contribution in [1.29, 1.82) is 0 Å². The maximum atomic E-state index is 11.0. The van der Waals surface area contributed by atoms with Crippen LogP contribution in [0.3, 0.4) is 0 Å². The largest absolute Gasteiger partial charge is 0.366 e. The van der Waals surface area contributed by atoms with Crippen LogP contribution in [-0.4, -0.2) is 17.3 Å². The first-order valence-corrected chi connectivity index (χ1v) is 4.99. The molecule has 14 heavy (non-hydrogen) atoms. The molecule has 1 aliphatic carbocycles. The summed E-state index contributed by atoms with van der Waals surface area (Å²) in [5, 5.41) is 0. The lowest BCUT2D eigenvalue weighted by atomic mass is 9.96. The lowest BCUT2D eigenvalue weighted by Crippen LogP contribution is -2.21. The van der Waals surface area contributed by atoms with Crippen molar-refractivity contribution in [2.45, 2.75) is 19.3 Å². The van der Waals surface area contributed by atoms with Crippen molar-refractivity contribution < 1.29 is 4.79 Å². The van der Waals surface area contributed by atoms with Gasteiger partial charge < -0.3 is 11.5 Å². The second-order valence-electron chi connectivity index (χ2n) is 3.22.